The molecule has 0 radical (unpaired) electrons. The lowest BCUT2D eigenvalue weighted by molar-refractivity contribution is 0.0693. The Labute approximate surface area is 118 Å². The highest BCUT2D eigenvalue weighted by atomic mass is 16.2. The molecule has 1 aromatic carbocycles. The Morgan fingerprint density at radius 1 is 1.30 bits per heavy atom. The Morgan fingerprint density at radius 2 is 2.10 bits per heavy atom. The van der Waals surface area contributed by atoms with Crippen LogP contribution in [0.15, 0.2) is 36.5 Å². The molecule has 0 unspecified atom stereocenters. The molecule has 0 saturated carbocycles. The molecule has 1 aliphatic heterocycles. The SMILES string of the molecule is NCC1CCN(C(=O)c2ccc3ncccc3c2)CC1. The molecule has 104 valence electrons. The number of piperidine rings is 1. The summed E-state index contributed by atoms with van der Waals surface area (Å²) in [5.41, 5.74) is 7.36. The molecule has 20 heavy (non-hydrogen) atoms. The Hall–Kier alpha value is -1.94. The number of rotatable bonds is 2. The molecule has 1 saturated heterocycles. The van der Waals surface area contributed by atoms with Crippen molar-refractivity contribution in [2.24, 2.45) is 11.7 Å². The van der Waals surface area contributed by atoms with Crippen molar-refractivity contribution in [3.05, 3.63) is 42.1 Å². The van der Waals surface area contributed by atoms with Crippen LogP contribution in [0.5, 0.6) is 0 Å². The van der Waals surface area contributed by atoms with Gasteiger partial charge in [-0.2, -0.15) is 0 Å². The molecule has 1 fully saturated rings. The highest BCUT2D eigenvalue weighted by Crippen LogP contribution is 2.20. The second kappa shape index (κ2) is 5.59. The van der Waals surface area contributed by atoms with Crippen LogP contribution in [0.2, 0.25) is 0 Å². The van der Waals surface area contributed by atoms with Crippen LogP contribution in [0.3, 0.4) is 0 Å². The number of hydrogen-bond donors (Lipinski definition) is 1. The van der Waals surface area contributed by atoms with Gasteiger partial charge in [0.25, 0.3) is 5.91 Å². The molecule has 2 aromatic rings. The number of nitrogens with two attached hydrogens (primary N) is 1. The maximum atomic E-state index is 12.5. The lowest BCUT2D eigenvalue weighted by atomic mass is 9.96. The van der Waals surface area contributed by atoms with Crippen molar-refractivity contribution in [3.8, 4) is 0 Å². The zero-order valence-corrected chi connectivity index (χ0v) is 11.5. The molecule has 2 N–H and O–H groups in total. The van der Waals surface area contributed by atoms with E-state index in [9.17, 15) is 4.79 Å². The van der Waals surface area contributed by atoms with Crippen molar-refractivity contribution in [1.29, 1.82) is 0 Å². The van der Waals surface area contributed by atoms with Crippen LogP contribution >= 0.6 is 0 Å². The van der Waals surface area contributed by atoms with E-state index >= 15 is 0 Å². The average Bonchev–Trinajstić information content (AvgIpc) is 2.54. The predicted octanol–water partition coefficient (Wildman–Crippen LogP) is 2.05. The third-order valence-corrected chi connectivity index (χ3v) is 4.09. The molecule has 0 spiro atoms. The maximum absolute atomic E-state index is 12.5. The minimum Gasteiger partial charge on any atom is -0.339 e. The van der Waals surface area contributed by atoms with Crippen LogP contribution < -0.4 is 5.73 Å². The van der Waals surface area contributed by atoms with E-state index < -0.39 is 0 Å². The lowest BCUT2D eigenvalue weighted by Gasteiger charge is -2.31. The van der Waals surface area contributed by atoms with Gasteiger partial charge >= 0.3 is 0 Å². The number of benzene rings is 1. The predicted molar refractivity (Wildman–Crippen MR) is 79.4 cm³/mol. The van der Waals surface area contributed by atoms with E-state index in [1.54, 1.807) is 6.20 Å². The molecule has 1 amide bonds. The first kappa shape index (κ1) is 13.1. The molecular weight excluding hydrogens is 250 g/mol. The summed E-state index contributed by atoms with van der Waals surface area (Å²) in [6.07, 6.45) is 3.79. The number of carbonyl (C=O) groups excluding carboxylic acids is 1. The van der Waals surface area contributed by atoms with Gasteiger partial charge in [0.05, 0.1) is 5.52 Å². The number of amides is 1. The Bertz CT molecular complexity index is 618. The Balaban J connectivity index is 1.79. The minimum absolute atomic E-state index is 0.117. The van der Waals surface area contributed by atoms with Gasteiger partial charge in [0.1, 0.15) is 0 Å². The third-order valence-electron chi connectivity index (χ3n) is 4.09. The Morgan fingerprint density at radius 3 is 2.85 bits per heavy atom. The summed E-state index contributed by atoms with van der Waals surface area (Å²) in [5.74, 6) is 0.686. The molecule has 1 aliphatic rings. The summed E-state index contributed by atoms with van der Waals surface area (Å²) in [6, 6.07) is 9.59. The smallest absolute Gasteiger partial charge is 0.253 e. The first-order valence-electron chi connectivity index (χ1n) is 7.12. The highest BCUT2D eigenvalue weighted by Gasteiger charge is 2.22. The van der Waals surface area contributed by atoms with E-state index in [2.05, 4.69) is 4.98 Å². The molecule has 4 heteroatoms. The number of likely N-dealkylation sites (tertiary alicyclic amines) is 1. The molecule has 2 heterocycles. The zero-order valence-electron chi connectivity index (χ0n) is 11.5. The standard InChI is InChI=1S/C16H19N3O/c17-11-12-5-8-19(9-6-12)16(20)14-3-4-15-13(10-14)2-1-7-18-15/h1-4,7,10,12H,5-6,8-9,11,17H2. The van der Waals surface area contributed by atoms with E-state index in [-0.39, 0.29) is 5.91 Å². The van der Waals surface area contributed by atoms with Gasteiger partial charge in [-0.05, 0) is 49.6 Å². The number of hydrogen-bond acceptors (Lipinski definition) is 3. The first-order valence-corrected chi connectivity index (χ1v) is 7.12. The van der Waals surface area contributed by atoms with Gasteiger partial charge in [0.15, 0.2) is 0 Å². The van der Waals surface area contributed by atoms with Crippen molar-refractivity contribution < 1.29 is 4.79 Å². The summed E-state index contributed by atoms with van der Waals surface area (Å²) in [4.78, 5) is 18.7. The van der Waals surface area contributed by atoms with Gasteiger partial charge in [-0.3, -0.25) is 9.78 Å². The maximum Gasteiger partial charge on any atom is 0.253 e. The van der Waals surface area contributed by atoms with Gasteiger partial charge in [-0.15, -0.1) is 0 Å². The molecule has 4 nitrogen and oxygen atoms in total. The largest absolute Gasteiger partial charge is 0.339 e. The normalized spacial score (nSPS) is 16.6. The summed E-state index contributed by atoms with van der Waals surface area (Å²) in [7, 11) is 0. The molecule has 0 bridgehead atoms. The molecular formula is C16H19N3O. The molecule has 0 atom stereocenters. The fourth-order valence-electron chi connectivity index (χ4n) is 2.76. The van der Waals surface area contributed by atoms with Crippen molar-refractivity contribution in [1.82, 2.24) is 9.88 Å². The minimum atomic E-state index is 0.117. The van der Waals surface area contributed by atoms with Crippen molar-refractivity contribution in [2.45, 2.75) is 12.8 Å². The number of carbonyl (C=O) groups is 1. The van der Waals surface area contributed by atoms with Crippen molar-refractivity contribution in [3.63, 3.8) is 0 Å². The number of fused-ring (bicyclic) bond motifs is 1. The topological polar surface area (TPSA) is 59.2 Å². The van der Waals surface area contributed by atoms with Crippen molar-refractivity contribution in [2.75, 3.05) is 19.6 Å². The monoisotopic (exact) mass is 269 g/mol. The van der Waals surface area contributed by atoms with Gasteiger partial charge in [-0.1, -0.05) is 6.07 Å². The van der Waals surface area contributed by atoms with Crippen molar-refractivity contribution >= 4 is 16.8 Å². The summed E-state index contributed by atoms with van der Waals surface area (Å²) >= 11 is 0. The van der Waals surface area contributed by atoms with Gasteiger partial charge in [0.2, 0.25) is 0 Å². The van der Waals surface area contributed by atoms with E-state index in [1.165, 1.54) is 0 Å². The fraction of sp³-hybridized carbons (Fsp3) is 0.375. The second-order valence-electron chi connectivity index (χ2n) is 5.38. The first-order chi connectivity index (χ1) is 9.78. The van der Waals surface area contributed by atoms with E-state index in [0.29, 0.717) is 5.92 Å². The van der Waals surface area contributed by atoms with Gasteiger partial charge in [0, 0.05) is 30.2 Å². The van der Waals surface area contributed by atoms with Gasteiger partial charge in [-0.25, -0.2) is 0 Å². The Kier molecular flexibility index (Phi) is 3.65. The molecule has 3 rings (SSSR count). The summed E-state index contributed by atoms with van der Waals surface area (Å²) in [5, 5.41) is 1.01. The average molecular weight is 269 g/mol. The lowest BCUT2D eigenvalue weighted by Crippen LogP contribution is -2.40. The van der Waals surface area contributed by atoms with Crippen LogP contribution in [0.4, 0.5) is 0 Å². The summed E-state index contributed by atoms with van der Waals surface area (Å²) in [6.45, 7) is 2.35. The van der Waals surface area contributed by atoms with E-state index in [0.717, 1.165) is 48.9 Å². The second-order valence-corrected chi connectivity index (χ2v) is 5.38. The quantitative estimate of drug-likeness (QED) is 0.907. The molecule has 0 aliphatic carbocycles. The van der Waals surface area contributed by atoms with Gasteiger partial charge < -0.3 is 10.6 Å². The number of pyridine rings is 1. The van der Waals surface area contributed by atoms with E-state index in [1.807, 2.05) is 35.2 Å². The van der Waals surface area contributed by atoms with Crippen LogP contribution in [0, 0.1) is 5.92 Å². The van der Waals surface area contributed by atoms with Crippen LogP contribution in [0.25, 0.3) is 10.9 Å². The van der Waals surface area contributed by atoms with Crippen LogP contribution in [-0.4, -0.2) is 35.4 Å². The molecule has 1 aromatic heterocycles. The number of nitrogens with zero attached hydrogens (tertiary/aromatic N) is 2. The summed E-state index contributed by atoms with van der Waals surface area (Å²) < 4.78 is 0. The highest BCUT2D eigenvalue weighted by molar-refractivity contribution is 5.97. The third kappa shape index (κ3) is 2.51. The zero-order chi connectivity index (χ0) is 13.9. The fourth-order valence-corrected chi connectivity index (χ4v) is 2.76. The van der Waals surface area contributed by atoms with Crippen LogP contribution in [0.1, 0.15) is 23.2 Å². The van der Waals surface area contributed by atoms with E-state index in [4.69, 9.17) is 5.73 Å². The number of aromatic nitrogens is 1. The van der Waals surface area contributed by atoms with Crippen LogP contribution in [-0.2, 0) is 0 Å².